The lowest BCUT2D eigenvalue weighted by atomic mass is 10.0. The predicted octanol–water partition coefficient (Wildman–Crippen LogP) is 4.38. The van der Waals surface area contributed by atoms with Gasteiger partial charge in [-0.1, -0.05) is 47.6 Å². The number of morpholine rings is 2. The summed E-state index contributed by atoms with van der Waals surface area (Å²) >= 11 is 16.9. The minimum atomic E-state index is -0.317. The third-order valence-electron chi connectivity index (χ3n) is 5.16. The van der Waals surface area contributed by atoms with Crippen LogP contribution in [-0.2, 0) is 9.47 Å². The van der Waals surface area contributed by atoms with Crippen LogP contribution in [0.2, 0.25) is 10.0 Å². The summed E-state index contributed by atoms with van der Waals surface area (Å²) in [4.78, 5) is 12.7. The van der Waals surface area contributed by atoms with Crippen molar-refractivity contribution < 1.29 is 14.3 Å². The fourth-order valence-electron chi connectivity index (χ4n) is 3.32. The smallest absolute Gasteiger partial charge is 0.205 e. The van der Waals surface area contributed by atoms with Gasteiger partial charge in [-0.15, -0.1) is 0 Å². The molecule has 2 saturated heterocycles. The molecular formula is C26H22Cl2N4O3S. The van der Waals surface area contributed by atoms with E-state index in [1.807, 2.05) is 18.2 Å². The van der Waals surface area contributed by atoms with E-state index in [4.69, 9.17) is 50.2 Å². The molecule has 4 rings (SSSR count). The molecule has 36 heavy (non-hydrogen) atoms. The first-order valence-corrected chi connectivity index (χ1v) is 12.1. The fourth-order valence-corrected chi connectivity index (χ4v) is 3.88. The van der Waals surface area contributed by atoms with Crippen LogP contribution in [0, 0.1) is 22.7 Å². The SMILES string of the molecule is N#C/C(C(=O)c1ccc(Cl)cc1)=C1\COCCN1.N#C/C(C(=S)c1ccc(Cl)cc1)=C1\COCCN1. The van der Waals surface area contributed by atoms with E-state index in [0.717, 1.165) is 11.3 Å². The van der Waals surface area contributed by atoms with Crippen LogP contribution >= 0.6 is 35.4 Å². The predicted molar refractivity (Wildman–Crippen MR) is 142 cm³/mol. The molecule has 0 atom stereocenters. The normalized spacial score (nSPS) is 17.6. The summed E-state index contributed by atoms with van der Waals surface area (Å²) in [6.07, 6.45) is 0. The van der Waals surface area contributed by atoms with Crippen LogP contribution in [-0.4, -0.2) is 50.2 Å². The summed E-state index contributed by atoms with van der Waals surface area (Å²) in [5.41, 5.74) is 3.11. The zero-order chi connectivity index (χ0) is 25.9. The van der Waals surface area contributed by atoms with Crippen LogP contribution in [0.4, 0.5) is 0 Å². The second-order valence-electron chi connectivity index (χ2n) is 7.56. The Balaban J connectivity index is 0.000000201. The highest BCUT2D eigenvalue weighted by molar-refractivity contribution is 7.81. The standard InChI is InChI=1S/C13H11ClN2O2.C13H11ClN2OS/c14-10-3-1-9(2-4-10)13(17)11(7-15)12-8-18-6-5-16-12;14-10-3-1-9(2-4-10)13(18)11(7-15)12-8-17-6-5-16-12/h2*1-4,16H,5-6,8H2/b2*12-11-. The molecule has 2 aromatic carbocycles. The van der Waals surface area contributed by atoms with Crippen molar-refractivity contribution in [2.45, 2.75) is 0 Å². The minimum absolute atomic E-state index is 0.0945. The average molecular weight is 541 g/mol. The van der Waals surface area contributed by atoms with E-state index in [1.54, 1.807) is 36.4 Å². The van der Waals surface area contributed by atoms with Gasteiger partial charge < -0.3 is 20.1 Å². The molecule has 7 nitrogen and oxygen atoms in total. The number of carbonyl (C=O) groups is 1. The topological polar surface area (TPSA) is 107 Å². The number of hydrogen-bond acceptors (Lipinski definition) is 8. The molecule has 0 spiro atoms. The number of nitrogens with zero attached hydrogens (tertiary/aromatic N) is 2. The number of thiocarbonyl (C=S) groups is 1. The molecule has 0 amide bonds. The highest BCUT2D eigenvalue weighted by Crippen LogP contribution is 2.17. The molecule has 2 heterocycles. The summed E-state index contributed by atoms with van der Waals surface area (Å²) in [6, 6.07) is 17.7. The van der Waals surface area contributed by atoms with Crippen molar-refractivity contribution in [2.24, 2.45) is 0 Å². The van der Waals surface area contributed by atoms with Crippen molar-refractivity contribution in [3.8, 4) is 12.1 Å². The third-order valence-corrected chi connectivity index (χ3v) is 6.10. The van der Waals surface area contributed by atoms with Gasteiger partial charge in [0.05, 0.1) is 48.3 Å². The Labute approximate surface area is 224 Å². The maximum atomic E-state index is 12.2. The molecular weight excluding hydrogens is 519 g/mol. The molecule has 2 aromatic rings. The third kappa shape index (κ3) is 7.38. The Bertz CT molecular complexity index is 1140. The molecule has 0 unspecified atom stereocenters. The molecule has 0 bridgehead atoms. The number of nitrogens with one attached hydrogen (secondary N) is 2. The van der Waals surface area contributed by atoms with Crippen LogP contribution < -0.4 is 10.6 Å². The Kier molecular flexibility index (Phi) is 10.4. The van der Waals surface area contributed by atoms with E-state index >= 15 is 0 Å². The van der Waals surface area contributed by atoms with E-state index in [0.29, 0.717) is 64.7 Å². The first-order valence-electron chi connectivity index (χ1n) is 10.9. The van der Waals surface area contributed by atoms with Gasteiger partial charge in [0.1, 0.15) is 17.7 Å². The number of Topliss-reactive ketones (excluding diaryl/α,β-unsaturated/α-hetero) is 1. The Hall–Kier alpha value is -3.24. The number of halogens is 2. The largest absolute Gasteiger partial charge is 0.383 e. The van der Waals surface area contributed by atoms with Crippen LogP contribution in [0.15, 0.2) is 71.1 Å². The molecule has 2 N–H and O–H groups in total. The first-order chi connectivity index (χ1) is 17.4. The molecule has 2 aliphatic heterocycles. The lowest BCUT2D eigenvalue weighted by molar-refractivity contribution is 0.102. The number of hydrogen-bond donors (Lipinski definition) is 2. The summed E-state index contributed by atoms with van der Waals surface area (Å²) in [5, 5.41) is 25.7. The summed E-state index contributed by atoms with van der Waals surface area (Å²) in [5.74, 6) is -0.317. The molecule has 10 heteroatoms. The second kappa shape index (κ2) is 13.7. The van der Waals surface area contributed by atoms with Crippen molar-refractivity contribution in [1.82, 2.24) is 10.6 Å². The van der Waals surface area contributed by atoms with E-state index in [2.05, 4.69) is 16.7 Å². The van der Waals surface area contributed by atoms with Crippen molar-refractivity contribution >= 4 is 46.1 Å². The van der Waals surface area contributed by atoms with Crippen LogP contribution in [0.5, 0.6) is 0 Å². The monoisotopic (exact) mass is 540 g/mol. The number of allylic oxidation sites excluding steroid dienone is 2. The van der Waals surface area contributed by atoms with Crippen molar-refractivity contribution in [2.75, 3.05) is 39.5 Å². The zero-order valence-corrected chi connectivity index (χ0v) is 21.5. The van der Waals surface area contributed by atoms with E-state index in [-0.39, 0.29) is 18.0 Å². The van der Waals surface area contributed by atoms with Crippen molar-refractivity contribution in [3.05, 3.63) is 92.2 Å². The maximum absolute atomic E-state index is 12.2. The summed E-state index contributed by atoms with van der Waals surface area (Å²) in [7, 11) is 0. The number of rotatable bonds is 4. The first kappa shape index (κ1) is 27.3. The van der Waals surface area contributed by atoms with Gasteiger partial charge in [0.15, 0.2) is 0 Å². The van der Waals surface area contributed by atoms with Gasteiger partial charge in [0.25, 0.3) is 0 Å². The summed E-state index contributed by atoms with van der Waals surface area (Å²) < 4.78 is 10.5. The Morgan fingerprint density at radius 3 is 1.64 bits per heavy atom. The number of ether oxygens (including phenoxy) is 2. The van der Waals surface area contributed by atoms with Gasteiger partial charge in [-0.3, -0.25) is 4.79 Å². The Morgan fingerprint density at radius 1 is 0.778 bits per heavy atom. The molecule has 0 aromatic heterocycles. The fraction of sp³-hybridized carbons (Fsp3) is 0.231. The van der Waals surface area contributed by atoms with E-state index < -0.39 is 0 Å². The minimum Gasteiger partial charge on any atom is -0.383 e. The number of ketones is 1. The van der Waals surface area contributed by atoms with Gasteiger partial charge in [-0.05, 0) is 42.0 Å². The lowest BCUT2D eigenvalue weighted by Crippen LogP contribution is -2.31. The number of nitriles is 2. The van der Waals surface area contributed by atoms with Crippen LogP contribution in [0.3, 0.4) is 0 Å². The number of carbonyl (C=O) groups excluding carboxylic acids is 1. The van der Waals surface area contributed by atoms with Gasteiger partial charge in [-0.25, -0.2) is 0 Å². The molecule has 2 fully saturated rings. The highest BCUT2D eigenvalue weighted by Gasteiger charge is 2.19. The molecule has 2 aliphatic rings. The maximum Gasteiger partial charge on any atom is 0.205 e. The van der Waals surface area contributed by atoms with E-state index in [9.17, 15) is 10.1 Å². The zero-order valence-electron chi connectivity index (χ0n) is 19.1. The second-order valence-corrected chi connectivity index (χ2v) is 8.84. The van der Waals surface area contributed by atoms with Gasteiger partial charge in [0, 0.05) is 28.7 Å². The quantitative estimate of drug-likeness (QED) is 0.254. The van der Waals surface area contributed by atoms with E-state index in [1.165, 1.54) is 0 Å². The van der Waals surface area contributed by atoms with Crippen LogP contribution in [0.25, 0.3) is 0 Å². The highest BCUT2D eigenvalue weighted by atomic mass is 35.5. The van der Waals surface area contributed by atoms with Crippen molar-refractivity contribution in [1.29, 1.82) is 10.5 Å². The van der Waals surface area contributed by atoms with Crippen LogP contribution in [0.1, 0.15) is 15.9 Å². The summed E-state index contributed by atoms with van der Waals surface area (Å²) in [6.45, 7) is 3.20. The van der Waals surface area contributed by atoms with Gasteiger partial charge in [-0.2, -0.15) is 10.5 Å². The Morgan fingerprint density at radius 2 is 1.22 bits per heavy atom. The molecule has 184 valence electrons. The van der Waals surface area contributed by atoms with Gasteiger partial charge in [0.2, 0.25) is 5.78 Å². The average Bonchev–Trinajstić information content (AvgIpc) is 2.92. The van der Waals surface area contributed by atoms with Crippen molar-refractivity contribution in [3.63, 3.8) is 0 Å². The molecule has 0 saturated carbocycles. The molecule has 0 aliphatic carbocycles. The molecule has 0 radical (unpaired) electrons. The lowest BCUT2D eigenvalue weighted by Gasteiger charge is -2.19. The number of benzene rings is 2. The van der Waals surface area contributed by atoms with Gasteiger partial charge >= 0.3 is 0 Å².